The van der Waals surface area contributed by atoms with Crippen molar-refractivity contribution in [3.05, 3.63) is 40.7 Å². The minimum Gasteiger partial charge on any atom is -0.346 e. The van der Waals surface area contributed by atoms with Crippen molar-refractivity contribution in [2.24, 2.45) is 5.41 Å². The Balaban J connectivity index is 1.70. The van der Waals surface area contributed by atoms with Gasteiger partial charge in [0.2, 0.25) is 5.13 Å². The average Bonchev–Trinajstić information content (AvgIpc) is 2.89. The van der Waals surface area contributed by atoms with E-state index in [4.69, 9.17) is 0 Å². The highest BCUT2D eigenvalue weighted by molar-refractivity contribution is 7.15. The fraction of sp³-hybridized carbons (Fsp3) is 0.500. The lowest BCUT2D eigenvalue weighted by molar-refractivity contribution is 0.293. The molecule has 0 bridgehead atoms. The Morgan fingerprint density at radius 1 is 1.24 bits per heavy atom. The standard InChI is InChI=1S/C16H20FN3S/c1-16(2)8-3-9-20(11-16)15-19-18-14(21-15)10-12-4-6-13(17)7-5-12/h4-7H,3,8-11H2,1-2H3. The van der Waals surface area contributed by atoms with Crippen LogP contribution >= 0.6 is 11.3 Å². The molecular formula is C16H20FN3S. The average molecular weight is 305 g/mol. The van der Waals surface area contributed by atoms with E-state index in [0.717, 1.165) is 35.2 Å². The van der Waals surface area contributed by atoms with Crippen molar-refractivity contribution in [1.29, 1.82) is 0 Å². The lowest BCUT2D eigenvalue weighted by Crippen LogP contribution is -2.40. The van der Waals surface area contributed by atoms with Crippen molar-refractivity contribution in [2.45, 2.75) is 33.1 Å². The van der Waals surface area contributed by atoms with Crippen molar-refractivity contribution in [2.75, 3.05) is 18.0 Å². The summed E-state index contributed by atoms with van der Waals surface area (Å²) in [4.78, 5) is 2.34. The Kier molecular flexibility index (Phi) is 3.93. The van der Waals surface area contributed by atoms with E-state index in [2.05, 4.69) is 28.9 Å². The highest BCUT2D eigenvalue weighted by Crippen LogP contribution is 2.33. The second kappa shape index (κ2) is 5.72. The van der Waals surface area contributed by atoms with Crippen molar-refractivity contribution in [3.63, 3.8) is 0 Å². The topological polar surface area (TPSA) is 29.0 Å². The molecule has 5 heteroatoms. The number of benzene rings is 1. The van der Waals surface area contributed by atoms with Crippen molar-refractivity contribution in [3.8, 4) is 0 Å². The predicted molar refractivity (Wildman–Crippen MR) is 84.3 cm³/mol. The highest BCUT2D eigenvalue weighted by Gasteiger charge is 2.28. The van der Waals surface area contributed by atoms with Gasteiger partial charge in [-0.1, -0.05) is 37.3 Å². The van der Waals surface area contributed by atoms with Crippen LogP contribution < -0.4 is 4.90 Å². The van der Waals surface area contributed by atoms with E-state index in [1.807, 2.05) is 0 Å². The second-order valence-electron chi connectivity index (χ2n) is 6.47. The molecule has 0 amide bonds. The molecule has 0 saturated carbocycles. The predicted octanol–water partition coefficient (Wildman–Crippen LogP) is 3.89. The number of hydrogen-bond acceptors (Lipinski definition) is 4. The highest BCUT2D eigenvalue weighted by atomic mass is 32.1. The summed E-state index contributed by atoms with van der Waals surface area (Å²) < 4.78 is 12.9. The summed E-state index contributed by atoms with van der Waals surface area (Å²) in [7, 11) is 0. The van der Waals surface area contributed by atoms with Crippen molar-refractivity contribution < 1.29 is 4.39 Å². The van der Waals surface area contributed by atoms with Crippen LogP contribution in [0.3, 0.4) is 0 Å². The van der Waals surface area contributed by atoms with Crippen LogP contribution in [0.1, 0.15) is 37.3 Å². The fourth-order valence-electron chi connectivity index (χ4n) is 2.81. The molecule has 1 aromatic heterocycles. The monoisotopic (exact) mass is 305 g/mol. The van der Waals surface area contributed by atoms with Crippen LogP contribution in [-0.4, -0.2) is 23.3 Å². The Hall–Kier alpha value is -1.49. The molecule has 0 radical (unpaired) electrons. The summed E-state index contributed by atoms with van der Waals surface area (Å²) in [5.74, 6) is -0.202. The van der Waals surface area contributed by atoms with Gasteiger partial charge in [-0.25, -0.2) is 4.39 Å². The molecule has 3 rings (SSSR count). The van der Waals surface area contributed by atoms with Crippen LogP contribution in [0.2, 0.25) is 0 Å². The number of anilines is 1. The normalized spacial score (nSPS) is 18.0. The minimum absolute atomic E-state index is 0.202. The molecule has 1 aliphatic rings. The first-order valence-corrected chi connectivity index (χ1v) is 8.15. The maximum absolute atomic E-state index is 12.9. The van der Waals surface area contributed by atoms with Gasteiger partial charge in [0.15, 0.2) is 0 Å². The summed E-state index contributed by atoms with van der Waals surface area (Å²) in [6.07, 6.45) is 3.19. The summed E-state index contributed by atoms with van der Waals surface area (Å²) in [5.41, 5.74) is 1.42. The Morgan fingerprint density at radius 2 is 2.00 bits per heavy atom. The number of rotatable bonds is 3. The van der Waals surface area contributed by atoms with Gasteiger partial charge in [0.05, 0.1) is 0 Å². The molecule has 0 unspecified atom stereocenters. The van der Waals surface area contributed by atoms with E-state index in [1.165, 1.54) is 25.0 Å². The maximum atomic E-state index is 12.9. The molecule has 2 heterocycles. The third-order valence-corrected chi connectivity index (χ3v) is 4.88. The zero-order chi connectivity index (χ0) is 14.9. The van der Waals surface area contributed by atoms with Gasteiger partial charge in [-0.05, 0) is 36.0 Å². The third kappa shape index (κ3) is 3.59. The fourth-order valence-corrected chi connectivity index (χ4v) is 3.71. The molecular weight excluding hydrogens is 285 g/mol. The number of aromatic nitrogens is 2. The lowest BCUT2D eigenvalue weighted by Gasteiger charge is -2.37. The summed E-state index contributed by atoms with van der Waals surface area (Å²) in [6, 6.07) is 6.59. The SMILES string of the molecule is CC1(C)CCCN(c2nnc(Cc3ccc(F)cc3)s2)C1. The van der Waals surface area contributed by atoms with Gasteiger partial charge in [0, 0.05) is 19.5 Å². The largest absolute Gasteiger partial charge is 0.346 e. The molecule has 1 aliphatic heterocycles. The first kappa shape index (κ1) is 14.4. The third-order valence-electron chi connectivity index (χ3n) is 3.90. The van der Waals surface area contributed by atoms with Gasteiger partial charge in [-0.2, -0.15) is 0 Å². The van der Waals surface area contributed by atoms with E-state index >= 15 is 0 Å². The Morgan fingerprint density at radius 3 is 2.71 bits per heavy atom. The summed E-state index contributed by atoms with van der Waals surface area (Å²) in [6.45, 7) is 6.71. The molecule has 0 N–H and O–H groups in total. The van der Waals surface area contributed by atoms with Crippen LogP contribution in [0, 0.1) is 11.2 Å². The zero-order valence-corrected chi connectivity index (χ0v) is 13.3. The van der Waals surface area contributed by atoms with E-state index in [1.54, 1.807) is 23.5 Å². The van der Waals surface area contributed by atoms with Gasteiger partial charge in [0.25, 0.3) is 0 Å². The smallest absolute Gasteiger partial charge is 0.208 e. The number of halogens is 1. The molecule has 0 aliphatic carbocycles. The van der Waals surface area contributed by atoms with E-state index in [9.17, 15) is 4.39 Å². The van der Waals surface area contributed by atoms with Crippen LogP contribution in [-0.2, 0) is 6.42 Å². The Labute approximate surface area is 128 Å². The first-order chi connectivity index (χ1) is 10.0. The van der Waals surface area contributed by atoms with E-state index in [0.29, 0.717) is 5.41 Å². The number of piperidine rings is 1. The van der Waals surface area contributed by atoms with Crippen LogP contribution in [0.15, 0.2) is 24.3 Å². The second-order valence-corrected chi connectivity index (χ2v) is 7.51. The van der Waals surface area contributed by atoms with E-state index < -0.39 is 0 Å². The molecule has 0 spiro atoms. The quantitative estimate of drug-likeness (QED) is 0.861. The molecule has 2 aromatic rings. The zero-order valence-electron chi connectivity index (χ0n) is 12.5. The first-order valence-electron chi connectivity index (χ1n) is 7.34. The molecule has 1 aromatic carbocycles. The Bertz CT molecular complexity index is 606. The van der Waals surface area contributed by atoms with Crippen LogP contribution in [0.5, 0.6) is 0 Å². The molecule has 3 nitrogen and oxygen atoms in total. The van der Waals surface area contributed by atoms with Crippen molar-refractivity contribution >= 4 is 16.5 Å². The molecule has 1 saturated heterocycles. The maximum Gasteiger partial charge on any atom is 0.208 e. The number of nitrogens with zero attached hydrogens (tertiary/aromatic N) is 3. The van der Waals surface area contributed by atoms with Gasteiger partial charge < -0.3 is 4.90 Å². The van der Waals surface area contributed by atoms with Crippen LogP contribution in [0.25, 0.3) is 0 Å². The lowest BCUT2D eigenvalue weighted by atomic mass is 9.84. The van der Waals surface area contributed by atoms with Gasteiger partial charge in [0.1, 0.15) is 10.8 Å². The number of hydrogen-bond donors (Lipinski definition) is 0. The molecule has 21 heavy (non-hydrogen) atoms. The van der Waals surface area contributed by atoms with Gasteiger partial charge in [-0.15, -0.1) is 10.2 Å². The van der Waals surface area contributed by atoms with Gasteiger partial charge >= 0.3 is 0 Å². The molecule has 0 atom stereocenters. The summed E-state index contributed by atoms with van der Waals surface area (Å²) in [5, 5.41) is 10.6. The van der Waals surface area contributed by atoms with E-state index in [-0.39, 0.29) is 5.82 Å². The minimum atomic E-state index is -0.202. The van der Waals surface area contributed by atoms with Gasteiger partial charge in [-0.3, -0.25) is 0 Å². The van der Waals surface area contributed by atoms with Crippen molar-refractivity contribution in [1.82, 2.24) is 10.2 Å². The summed E-state index contributed by atoms with van der Waals surface area (Å²) >= 11 is 1.65. The van der Waals surface area contributed by atoms with Crippen LogP contribution in [0.4, 0.5) is 9.52 Å². The molecule has 112 valence electrons. The molecule has 1 fully saturated rings.